The molecule has 2 saturated heterocycles. The largest absolute Gasteiger partial charge is 0.357 e. The van der Waals surface area contributed by atoms with Gasteiger partial charge in [0.1, 0.15) is 5.82 Å². The van der Waals surface area contributed by atoms with Gasteiger partial charge < -0.3 is 20.0 Å². The van der Waals surface area contributed by atoms with Crippen LogP contribution in [-0.2, 0) is 0 Å². The summed E-state index contributed by atoms with van der Waals surface area (Å²) in [7, 11) is 0. The molecule has 1 N–H and O–H groups in total. The van der Waals surface area contributed by atoms with Crippen LogP contribution >= 0.6 is 0 Å². The molecular weight excluding hydrogens is 348 g/mol. The second-order valence-electron chi connectivity index (χ2n) is 8.52. The fraction of sp³-hybridized carbons (Fsp3) is 0.727. The highest BCUT2D eigenvalue weighted by molar-refractivity contribution is 5.80. The van der Waals surface area contributed by atoms with Gasteiger partial charge in [-0.05, 0) is 50.3 Å². The smallest absolute Gasteiger partial charge is 0.194 e. The number of guanidine groups is 1. The molecule has 1 atom stereocenters. The minimum absolute atomic E-state index is 0.691. The average molecular weight is 387 g/mol. The van der Waals surface area contributed by atoms with Crippen molar-refractivity contribution < 1.29 is 0 Å². The molecular formula is C22H38N6. The van der Waals surface area contributed by atoms with Gasteiger partial charge in [0.15, 0.2) is 5.96 Å². The Bertz CT molecular complexity index is 594. The van der Waals surface area contributed by atoms with Crippen LogP contribution in [0.4, 0.5) is 5.82 Å². The number of hydrogen-bond acceptors (Lipinski definition) is 4. The summed E-state index contributed by atoms with van der Waals surface area (Å²) >= 11 is 0. The van der Waals surface area contributed by atoms with Crippen molar-refractivity contribution in [3.8, 4) is 0 Å². The van der Waals surface area contributed by atoms with Gasteiger partial charge in [-0.15, -0.1) is 0 Å². The van der Waals surface area contributed by atoms with Crippen LogP contribution < -0.4 is 10.2 Å². The Morgan fingerprint density at radius 2 is 2.04 bits per heavy atom. The van der Waals surface area contributed by atoms with Crippen molar-refractivity contribution >= 4 is 11.8 Å². The second kappa shape index (κ2) is 10.6. The van der Waals surface area contributed by atoms with Crippen LogP contribution in [0.15, 0.2) is 29.4 Å². The summed E-state index contributed by atoms with van der Waals surface area (Å²) < 4.78 is 0. The number of hydrogen-bond donors (Lipinski definition) is 1. The standard InChI is InChI=1S/C22H38N6/c1-4-23-22(25-16-20-8-7-11-26(18-20)17-19(2)3)28-14-12-27(13-15-28)21-9-5-6-10-24-21/h5-6,9-10,19-20H,4,7-8,11-18H2,1-3H3,(H,23,25). The maximum atomic E-state index is 5.04. The van der Waals surface area contributed by atoms with Gasteiger partial charge in [-0.25, -0.2) is 4.98 Å². The van der Waals surface area contributed by atoms with Gasteiger partial charge in [-0.2, -0.15) is 0 Å². The van der Waals surface area contributed by atoms with Crippen molar-refractivity contribution in [1.82, 2.24) is 20.1 Å². The van der Waals surface area contributed by atoms with E-state index in [0.29, 0.717) is 5.92 Å². The summed E-state index contributed by atoms with van der Waals surface area (Å²) in [5, 5.41) is 3.52. The first-order valence-corrected chi connectivity index (χ1v) is 11.1. The Hall–Kier alpha value is -1.82. The molecule has 3 rings (SSSR count). The van der Waals surface area contributed by atoms with Crippen LogP contribution in [-0.4, -0.2) is 79.6 Å². The van der Waals surface area contributed by atoms with E-state index >= 15 is 0 Å². The Kier molecular flexibility index (Phi) is 7.95. The Morgan fingerprint density at radius 1 is 1.21 bits per heavy atom. The maximum Gasteiger partial charge on any atom is 0.194 e. The minimum atomic E-state index is 0.691. The number of likely N-dealkylation sites (tertiary alicyclic amines) is 1. The van der Waals surface area contributed by atoms with E-state index in [1.54, 1.807) is 0 Å². The van der Waals surface area contributed by atoms with Gasteiger partial charge in [-0.3, -0.25) is 4.99 Å². The Balaban J connectivity index is 1.53. The molecule has 6 nitrogen and oxygen atoms in total. The lowest BCUT2D eigenvalue weighted by Gasteiger charge is -2.37. The summed E-state index contributed by atoms with van der Waals surface area (Å²) in [6.45, 7) is 16.3. The maximum absolute atomic E-state index is 5.04. The Morgan fingerprint density at radius 3 is 2.71 bits per heavy atom. The number of aliphatic imine (C=N–C) groups is 1. The summed E-state index contributed by atoms with van der Waals surface area (Å²) in [5.41, 5.74) is 0. The van der Waals surface area contributed by atoms with Crippen LogP contribution in [0.5, 0.6) is 0 Å². The zero-order valence-corrected chi connectivity index (χ0v) is 18.0. The predicted octanol–water partition coefficient (Wildman–Crippen LogP) is 2.54. The van der Waals surface area contributed by atoms with Gasteiger partial charge in [0.2, 0.25) is 0 Å². The molecule has 3 heterocycles. The zero-order chi connectivity index (χ0) is 19.8. The molecule has 1 aromatic rings. The van der Waals surface area contributed by atoms with E-state index in [2.05, 4.69) is 57.9 Å². The van der Waals surface area contributed by atoms with Crippen molar-refractivity contribution in [3.05, 3.63) is 24.4 Å². The molecule has 1 unspecified atom stereocenters. The van der Waals surface area contributed by atoms with Crippen molar-refractivity contribution in [1.29, 1.82) is 0 Å². The van der Waals surface area contributed by atoms with Crippen molar-refractivity contribution in [3.63, 3.8) is 0 Å². The number of rotatable bonds is 6. The van der Waals surface area contributed by atoms with Gasteiger partial charge in [0.05, 0.1) is 0 Å². The number of aromatic nitrogens is 1. The van der Waals surface area contributed by atoms with E-state index in [9.17, 15) is 0 Å². The lowest BCUT2D eigenvalue weighted by Crippen LogP contribution is -2.53. The third kappa shape index (κ3) is 6.09. The number of nitrogens with zero attached hydrogens (tertiary/aromatic N) is 5. The molecule has 0 bridgehead atoms. The quantitative estimate of drug-likeness (QED) is 0.601. The zero-order valence-electron chi connectivity index (χ0n) is 18.0. The highest BCUT2D eigenvalue weighted by Crippen LogP contribution is 2.18. The minimum Gasteiger partial charge on any atom is -0.357 e. The molecule has 28 heavy (non-hydrogen) atoms. The van der Waals surface area contributed by atoms with Gasteiger partial charge in [0, 0.05) is 58.6 Å². The summed E-state index contributed by atoms with van der Waals surface area (Å²) in [6, 6.07) is 6.14. The first-order chi connectivity index (χ1) is 13.7. The van der Waals surface area contributed by atoms with Gasteiger partial charge in [-0.1, -0.05) is 19.9 Å². The topological polar surface area (TPSA) is 47.0 Å². The van der Waals surface area contributed by atoms with E-state index < -0.39 is 0 Å². The Labute approximate surface area is 171 Å². The summed E-state index contributed by atoms with van der Waals surface area (Å²) in [6.07, 6.45) is 4.50. The van der Waals surface area contributed by atoms with Crippen LogP contribution in [0, 0.1) is 11.8 Å². The highest BCUT2D eigenvalue weighted by atomic mass is 15.4. The number of anilines is 1. The number of pyridine rings is 1. The van der Waals surface area contributed by atoms with Crippen LogP contribution in [0.25, 0.3) is 0 Å². The van der Waals surface area contributed by atoms with E-state index in [4.69, 9.17) is 4.99 Å². The molecule has 2 aliphatic heterocycles. The molecule has 156 valence electrons. The molecule has 0 aromatic carbocycles. The first kappa shape index (κ1) is 20.9. The molecule has 2 aliphatic rings. The third-order valence-corrected chi connectivity index (χ3v) is 5.61. The van der Waals surface area contributed by atoms with E-state index in [-0.39, 0.29) is 0 Å². The SMILES string of the molecule is CCNC(=NCC1CCCN(CC(C)C)C1)N1CCN(c2ccccn2)CC1. The summed E-state index contributed by atoms with van der Waals surface area (Å²) in [5.74, 6) is 3.60. The van der Waals surface area contributed by atoms with Crippen molar-refractivity contribution in [2.45, 2.75) is 33.6 Å². The molecule has 6 heteroatoms. The van der Waals surface area contributed by atoms with Crippen LogP contribution in [0.2, 0.25) is 0 Å². The molecule has 0 amide bonds. The third-order valence-electron chi connectivity index (χ3n) is 5.61. The molecule has 0 radical (unpaired) electrons. The monoisotopic (exact) mass is 386 g/mol. The molecule has 0 saturated carbocycles. The lowest BCUT2D eigenvalue weighted by molar-refractivity contribution is 0.162. The average Bonchev–Trinajstić information content (AvgIpc) is 2.72. The highest BCUT2D eigenvalue weighted by Gasteiger charge is 2.23. The number of piperazine rings is 1. The van der Waals surface area contributed by atoms with E-state index in [0.717, 1.165) is 57.0 Å². The van der Waals surface area contributed by atoms with Crippen LogP contribution in [0.3, 0.4) is 0 Å². The fourth-order valence-electron chi connectivity index (χ4n) is 4.31. The molecule has 0 spiro atoms. The second-order valence-corrected chi connectivity index (χ2v) is 8.52. The fourth-order valence-corrected chi connectivity index (χ4v) is 4.31. The van der Waals surface area contributed by atoms with Crippen molar-refractivity contribution in [2.75, 3.05) is 63.8 Å². The number of nitrogens with one attached hydrogen (secondary N) is 1. The van der Waals surface area contributed by atoms with Crippen LogP contribution in [0.1, 0.15) is 33.6 Å². The van der Waals surface area contributed by atoms with E-state index in [1.807, 2.05) is 12.3 Å². The van der Waals surface area contributed by atoms with Gasteiger partial charge >= 0.3 is 0 Å². The molecule has 1 aromatic heterocycles. The first-order valence-electron chi connectivity index (χ1n) is 11.1. The number of piperidine rings is 1. The predicted molar refractivity (Wildman–Crippen MR) is 118 cm³/mol. The van der Waals surface area contributed by atoms with E-state index in [1.165, 1.54) is 32.5 Å². The normalized spacial score (nSPS) is 22.0. The summed E-state index contributed by atoms with van der Waals surface area (Å²) in [4.78, 5) is 16.9. The van der Waals surface area contributed by atoms with Gasteiger partial charge in [0.25, 0.3) is 0 Å². The lowest BCUT2D eigenvalue weighted by atomic mass is 9.97. The molecule has 2 fully saturated rings. The van der Waals surface area contributed by atoms with Crippen molar-refractivity contribution in [2.24, 2.45) is 16.8 Å². The molecule has 0 aliphatic carbocycles.